The van der Waals surface area contributed by atoms with Crippen molar-refractivity contribution in [2.24, 2.45) is 0 Å². The van der Waals surface area contributed by atoms with E-state index in [1.54, 1.807) is 18.2 Å². The molecule has 3 rings (SSSR count). The summed E-state index contributed by atoms with van der Waals surface area (Å²) < 4.78 is 0. The van der Waals surface area contributed by atoms with Crippen molar-refractivity contribution in [3.05, 3.63) is 51.7 Å². The van der Waals surface area contributed by atoms with Crippen molar-refractivity contribution < 1.29 is 9.59 Å². The molecule has 2 aromatic rings. The molecule has 122 valence electrons. The van der Waals surface area contributed by atoms with Crippen LogP contribution in [0.1, 0.15) is 32.5 Å². The lowest BCUT2D eigenvalue weighted by Crippen LogP contribution is -2.48. The minimum atomic E-state index is -0.0211. The molecule has 0 N–H and O–H groups in total. The molecule has 6 heteroatoms. The first-order chi connectivity index (χ1) is 11.6. The maximum Gasteiger partial charge on any atom is 0.264 e. The lowest BCUT2D eigenvalue weighted by Gasteiger charge is -2.36. The Kier molecular flexibility index (Phi) is 4.63. The van der Waals surface area contributed by atoms with Crippen LogP contribution in [-0.4, -0.2) is 42.8 Å². The highest BCUT2D eigenvalue weighted by atomic mass is 32.1. The molecule has 1 amide bonds. The first-order valence-electron chi connectivity index (χ1n) is 7.73. The number of thiophene rings is 1. The Morgan fingerprint density at radius 1 is 1.17 bits per heavy atom. The molecule has 1 aromatic carbocycles. The molecule has 0 spiro atoms. The van der Waals surface area contributed by atoms with Crippen LogP contribution in [0.2, 0.25) is 0 Å². The van der Waals surface area contributed by atoms with Gasteiger partial charge in [0.15, 0.2) is 5.78 Å². The lowest BCUT2D eigenvalue weighted by molar-refractivity contribution is 0.0751. The van der Waals surface area contributed by atoms with E-state index in [-0.39, 0.29) is 11.7 Å². The van der Waals surface area contributed by atoms with E-state index < -0.39 is 0 Å². The number of anilines is 1. The van der Waals surface area contributed by atoms with Crippen molar-refractivity contribution in [3.8, 4) is 6.07 Å². The topological polar surface area (TPSA) is 64.4 Å². The van der Waals surface area contributed by atoms with Crippen LogP contribution in [0.5, 0.6) is 0 Å². The van der Waals surface area contributed by atoms with Gasteiger partial charge in [0.25, 0.3) is 5.91 Å². The number of piperazine rings is 1. The van der Waals surface area contributed by atoms with Crippen molar-refractivity contribution in [2.45, 2.75) is 6.92 Å². The van der Waals surface area contributed by atoms with Gasteiger partial charge in [0.1, 0.15) is 6.07 Å². The van der Waals surface area contributed by atoms with Gasteiger partial charge in [0.05, 0.1) is 16.1 Å². The zero-order valence-electron chi connectivity index (χ0n) is 13.4. The van der Waals surface area contributed by atoms with Crippen LogP contribution >= 0.6 is 11.3 Å². The summed E-state index contributed by atoms with van der Waals surface area (Å²) in [6.07, 6.45) is 0. The predicted octanol–water partition coefficient (Wildman–Crippen LogP) is 2.78. The molecule has 1 saturated heterocycles. The van der Waals surface area contributed by atoms with E-state index in [2.05, 4.69) is 11.0 Å². The highest BCUT2D eigenvalue weighted by Crippen LogP contribution is 2.24. The fourth-order valence-corrected chi connectivity index (χ4v) is 3.50. The number of nitriles is 1. The van der Waals surface area contributed by atoms with Crippen molar-refractivity contribution >= 4 is 28.7 Å². The number of rotatable bonds is 3. The third-order valence-electron chi connectivity index (χ3n) is 4.16. The van der Waals surface area contributed by atoms with E-state index in [1.807, 2.05) is 22.4 Å². The van der Waals surface area contributed by atoms with Gasteiger partial charge in [-0.1, -0.05) is 6.07 Å². The van der Waals surface area contributed by atoms with E-state index in [9.17, 15) is 14.9 Å². The van der Waals surface area contributed by atoms with Gasteiger partial charge in [-0.2, -0.15) is 5.26 Å². The molecule has 24 heavy (non-hydrogen) atoms. The molecule has 5 nitrogen and oxygen atoms in total. The number of benzene rings is 1. The fraction of sp³-hybridized carbons (Fsp3) is 0.278. The molecule has 1 aliphatic heterocycles. The first-order valence-corrected chi connectivity index (χ1v) is 8.61. The second kappa shape index (κ2) is 6.85. The lowest BCUT2D eigenvalue weighted by atomic mass is 10.1. The Morgan fingerprint density at radius 3 is 2.50 bits per heavy atom. The average Bonchev–Trinajstić information content (AvgIpc) is 3.15. The number of hydrogen-bond acceptors (Lipinski definition) is 5. The number of Topliss-reactive ketones (excluding diaryl/α,β-unsaturated/α-hetero) is 1. The second-order valence-electron chi connectivity index (χ2n) is 5.66. The van der Waals surface area contributed by atoms with Crippen molar-refractivity contribution in [1.29, 1.82) is 5.26 Å². The van der Waals surface area contributed by atoms with Gasteiger partial charge >= 0.3 is 0 Å². The first kappa shape index (κ1) is 16.2. The van der Waals surface area contributed by atoms with Crippen LogP contribution in [-0.2, 0) is 0 Å². The Bertz CT molecular complexity index is 800. The summed E-state index contributed by atoms with van der Waals surface area (Å²) in [4.78, 5) is 28.6. The van der Waals surface area contributed by atoms with Crippen molar-refractivity contribution in [2.75, 3.05) is 31.1 Å². The summed E-state index contributed by atoms with van der Waals surface area (Å²) in [5.41, 5.74) is 1.92. The van der Waals surface area contributed by atoms with Crippen LogP contribution in [0.3, 0.4) is 0 Å². The van der Waals surface area contributed by atoms with Gasteiger partial charge in [-0.3, -0.25) is 9.59 Å². The average molecular weight is 339 g/mol. The zero-order valence-corrected chi connectivity index (χ0v) is 14.2. The van der Waals surface area contributed by atoms with Gasteiger partial charge in [-0.25, -0.2) is 0 Å². The minimum absolute atomic E-state index is 0.0211. The molecule has 0 radical (unpaired) electrons. The van der Waals surface area contributed by atoms with E-state index >= 15 is 0 Å². The van der Waals surface area contributed by atoms with Gasteiger partial charge in [-0.15, -0.1) is 11.3 Å². The van der Waals surface area contributed by atoms with Gasteiger partial charge in [0, 0.05) is 31.7 Å². The van der Waals surface area contributed by atoms with Crippen LogP contribution in [0, 0.1) is 11.3 Å². The molecular weight excluding hydrogens is 322 g/mol. The van der Waals surface area contributed by atoms with Gasteiger partial charge < -0.3 is 9.80 Å². The maximum atomic E-state index is 12.4. The van der Waals surface area contributed by atoms with Crippen LogP contribution in [0.15, 0.2) is 35.7 Å². The Morgan fingerprint density at radius 2 is 1.92 bits per heavy atom. The van der Waals surface area contributed by atoms with Crippen molar-refractivity contribution in [3.63, 3.8) is 0 Å². The maximum absolute atomic E-state index is 12.4. The summed E-state index contributed by atoms with van der Waals surface area (Å²) in [5.74, 6) is 0.0369. The number of carbonyl (C=O) groups is 2. The van der Waals surface area contributed by atoms with Crippen LogP contribution in [0.25, 0.3) is 0 Å². The van der Waals surface area contributed by atoms with E-state index in [4.69, 9.17) is 0 Å². The van der Waals surface area contributed by atoms with E-state index in [0.717, 1.165) is 10.6 Å². The van der Waals surface area contributed by atoms with E-state index in [0.29, 0.717) is 37.3 Å². The largest absolute Gasteiger partial charge is 0.367 e. The SMILES string of the molecule is CC(=O)c1ccc(C#N)c(N2CCN(C(=O)c3cccs3)CC2)c1. The van der Waals surface area contributed by atoms with Crippen LogP contribution in [0.4, 0.5) is 5.69 Å². The molecule has 1 aliphatic rings. The summed E-state index contributed by atoms with van der Waals surface area (Å²) in [6, 6.07) is 11.0. The second-order valence-corrected chi connectivity index (χ2v) is 6.60. The molecule has 0 bridgehead atoms. The quantitative estimate of drug-likeness (QED) is 0.807. The minimum Gasteiger partial charge on any atom is -0.367 e. The Hall–Kier alpha value is -2.65. The highest BCUT2D eigenvalue weighted by molar-refractivity contribution is 7.12. The molecule has 2 heterocycles. The third-order valence-corrected chi connectivity index (χ3v) is 5.02. The smallest absolute Gasteiger partial charge is 0.264 e. The summed E-state index contributed by atoms with van der Waals surface area (Å²) in [6.45, 7) is 4.01. The molecule has 0 unspecified atom stereocenters. The number of carbonyl (C=O) groups excluding carboxylic acids is 2. The standard InChI is InChI=1S/C18H17N3O2S/c1-13(22)14-4-5-15(12-19)16(11-14)20-6-8-21(9-7-20)18(23)17-3-2-10-24-17/h2-5,10-11H,6-9H2,1H3. The molecule has 0 saturated carbocycles. The third kappa shape index (κ3) is 3.17. The van der Waals surface area contributed by atoms with Crippen molar-refractivity contribution in [1.82, 2.24) is 4.90 Å². The molecule has 1 fully saturated rings. The van der Waals surface area contributed by atoms with Gasteiger partial charge in [0.2, 0.25) is 0 Å². The predicted molar refractivity (Wildman–Crippen MR) is 93.6 cm³/mol. The molecule has 0 aliphatic carbocycles. The number of hydrogen-bond donors (Lipinski definition) is 0. The fourth-order valence-electron chi connectivity index (χ4n) is 2.81. The normalized spacial score (nSPS) is 14.3. The molecule has 0 atom stereocenters. The molecular formula is C18H17N3O2S. The Balaban J connectivity index is 1.75. The number of nitrogens with zero attached hydrogens (tertiary/aromatic N) is 3. The summed E-state index contributed by atoms with van der Waals surface area (Å²) in [7, 11) is 0. The summed E-state index contributed by atoms with van der Waals surface area (Å²) >= 11 is 1.45. The Labute approximate surface area is 144 Å². The number of amides is 1. The zero-order chi connectivity index (χ0) is 17.1. The highest BCUT2D eigenvalue weighted by Gasteiger charge is 2.24. The van der Waals surface area contributed by atoms with Crippen LogP contribution < -0.4 is 4.90 Å². The van der Waals surface area contributed by atoms with E-state index in [1.165, 1.54) is 18.3 Å². The monoisotopic (exact) mass is 339 g/mol. The summed E-state index contributed by atoms with van der Waals surface area (Å²) in [5, 5.41) is 11.2. The molecule has 1 aromatic heterocycles. The van der Waals surface area contributed by atoms with Gasteiger partial charge in [-0.05, 0) is 36.6 Å². The number of ketones is 1.